The molecule has 0 aliphatic heterocycles. The van der Waals surface area contributed by atoms with Gasteiger partial charge in [0.25, 0.3) is 5.91 Å². The van der Waals surface area contributed by atoms with E-state index in [0.29, 0.717) is 12.5 Å². The van der Waals surface area contributed by atoms with Crippen LogP contribution in [0.3, 0.4) is 0 Å². The molecule has 0 heterocycles. The Morgan fingerprint density at radius 2 is 1.79 bits per heavy atom. The van der Waals surface area contributed by atoms with Gasteiger partial charge in [-0.15, -0.1) is 0 Å². The minimum atomic E-state index is -3.77. The highest BCUT2D eigenvalue weighted by molar-refractivity contribution is 7.89. The standard InChI is InChI=1S/C18H27N3O6S/c1-12(2)8-9-19-18(24)20-16(22)11-27-17(23)14-6-5-7-15(10-14)28(25,26)21-13(3)4/h5-7,10,12-13,21H,8-9,11H2,1-4H3,(H2,19,20,22,24). The molecule has 0 aliphatic carbocycles. The first kappa shape index (κ1) is 23.6. The highest BCUT2D eigenvalue weighted by Crippen LogP contribution is 2.13. The number of rotatable bonds is 9. The van der Waals surface area contributed by atoms with Crippen LogP contribution in [-0.2, 0) is 19.6 Å². The van der Waals surface area contributed by atoms with E-state index in [4.69, 9.17) is 4.74 Å². The number of hydrogen-bond acceptors (Lipinski definition) is 6. The SMILES string of the molecule is CC(C)CCNC(=O)NC(=O)COC(=O)c1cccc(S(=O)(=O)NC(C)C)c1. The van der Waals surface area contributed by atoms with Crippen molar-refractivity contribution in [2.75, 3.05) is 13.2 Å². The largest absolute Gasteiger partial charge is 0.452 e. The van der Waals surface area contributed by atoms with Crippen LogP contribution >= 0.6 is 0 Å². The van der Waals surface area contributed by atoms with Gasteiger partial charge in [-0.25, -0.2) is 22.7 Å². The van der Waals surface area contributed by atoms with Crippen molar-refractivity contribution in [3.8, 4) is 0 Å². The van der Waals surface area contributed by atoms with Gasteiger partial charge in [0.15, 0.2) is 6.61 Å². The molecule has 0 saturated carbocycles. The highest BCUT2D eigenvalue weighted by atomic mass is 32.2. The Morgan fingerprint density at radius 3 is 2.39 bits per heavy atom. The van der Waals surface area contributed by atoms with Crippen LogP contribution in [0.15, 0.2) is 29.2 Å². The summed E-state index contributed by atoms with van der Waals surface area (Å²) >= 11 is 0. The van der Waals surface area contributed by atoms with Crippen molar-refractivity contribution in [2.24, 2.45) is 5.92 Å². The molecule has 156 valence electrons. The number of nitrogens with one attached hydrogen (secondary N) is 3. The van der Waals surface area contributed by atoms with Crippen LogP contribution in [0.2, 0.25) is 0 Å². The summed E-state index contributed by atoms with van der Waals surface area (Å²) in [5, 5.41) is 4.56. The van der Waals surface area contributed by atoms with Gasteiger partial charge in [-0.2, -0.15) is 0 Å². The maximum Gasteiger partial charge on any atom is 0.338 e. The molecule has 1 aromatic carbocycles. The van der Waals surface area contributed by atoms with Gasteiger partial charge in [-0.1, -0.05) is 19.9 Å². The molecule has 0 aromatic heterocycles. The lowest BCUT2D eigenvalue weighted by molar-refractivity contribution is -0.123. The van der Waals surface area contributed by atoms with E-state index in [-0.39, 0.29) is 16.5 Å². The highest BCUT2D eigenvalue weighted by Gasteiger charge is 2.18. The topological polar surface area (TPSA) is 131 Å². The molecule has 28 heavy (non-hydrogen) atoms. The van der Waals surface area contributed by atoms with Crippen LogP contribution in [0.5, 0.6) is 0 Å². The first-order valence-electron chi connectivity index (χ1n) is 8.88. The lowest BCUT2D eigenvalue weighted by Crippen LogP contribution is -2.42. The van der Waals surface area contributed by atoms with E-state index in [1.165, 1.54) is 18.2 Å². The van der Waals surface area contributed by atoms with E-state index >= 15 is 0 Å². The third-order valence-electron chi connectivity index (χ3n) is 3.37. The maximum absolute atomic E-state index is 12.2. The second kappa shape index (κ2) is 10.8. The van der Waals surface area contributed by atoms with Gasteiger partial charge < -0.3 is 10.1 Å². The van der Waals surface area contributed by atoms with Crippen molar-refractivity contribution in [3.63, 3.8) is 0 Å². The Kier molecular flexibility index (Phi) is 9.07. The van der Waals surface area contributed by atoms with Gasteiger partial charge in [0, 0.05) is 12.6 Å². The monoisotopic (exact) mass is 413 g/mol. The van der Waals surface area contributed by atoms with Crippen LogP contribution in [0.25, 0.3) is 0 Å². The molecule has 3 amide bonds. The number of esters is 1. The molecule has 0 unspecified atom stereocenters. The fourth-order valence-corrected chi connectivity index (χ4v) is 3.36. The molecule has 10 heteroatoms. The van der Waals surface area contributed by atoms with Crippen LogP contribution in [0.1, 0.15) is 44.5 Å². The quantitative estimate of drug-likeness (QED) is 0.525. The second-order valence-electron chi connectivity index (χ2n) is 6.87. The number of carbonyl (C=O) groups excluding carboxylic acids is 3. The number of ether oxygens (including phenoxy) is 1. The van der Waals surface area contributed by atoms with Gasteiger partial charge >= 0.3 is 12.0 Å². The van der Waals surface area contributed by atoms with Crippen molar-refractivity contribution in [1.29, 1.82) is 0 Å². The molecule has 3 N–H and O–H groups in total. The predicted octanol–water partition coefficient (Wildman–Crippen LogP) is 1.40. The summed E-state index contributed by atoms with van der Waals surface area (Å²) in [4.78, 5) is 35.2. The predicted molar refractivity (Wildman–Crippen MR) is 103 cm³/mol. The van der Waals surface area contributed by atoms with Crippen LogP contribution in [0, 0.1) is 5.92 Å². The molecule has 0 radical (unpaired) electrons. The molecule has 0 saturated heterocycles. The molecule has 0 fully saturated rings. The molecule has 0 bridgehead atoms. The summed E-state index contributed by atoms with van der Waals surface area (Å²) < 4.78 is 31.6. The summed E-state index contributed by atoms with van der Waals surface area (Å²) in [7, 11) is -3.77. The van der Waals surface area contributed by atoms with Crippen molar-refractivity contribution in [2.45, 2.75) is 45.1 Å². The van der Waals surface area contributed by atoms with Gasteiger partial charge in [-0.05, 0) is 44.4 Å². The van der Waals surface area contributed by atoms with Crippen LogP contribution in [0.4, 0.5) is 4.79 Å². The summed E-state index contributed by atoms with van der Waals surface area (Å²) in [6.45, 7) is 7.10. The van der Waals surface area contributed by atoms with Crippen molar-refractivity contribution >= 4 is 27.9 Å². The Bertz CT molecular complexity index is 805. The molecule has 0 aliphatic rings. The number of sulfonamides is 1. The first-order chi connectivity index (χ1) is 13.0. The molecular formula is C18H27N3O6S. The Hall–Kier alpha value is -2.46. The smallest absolute Gasteiger partial charge is 0.338 e. The second-order valence-corrected chi connectivity index (χ2v) is 8.58. The Balaban J connectivity index is 2.58. The van der Waals surface area contributed by atoms with Gasteiger partial charge in [-0.3, -0.25) is 10.1 Å². The zero-order valence-corrected chi connectivity index (χ0v) is 17.3. The van der Waals surface area contributed by atoms with E-state index in [1.54, 1.807) is 13.8 Å². The number of hydrogen-bond donors (Lipinski definition) is 3. The minimum absolute atomic E-state index is 0.0270. The molecule has 1 rings (SSSR count). The van der Waals surface area contributed by atoms with Crippen LogP contribution in [-0.4, -0.2) is 45.5 Å². The fourth-order valence-electron chi connectivity index (χ4n) is 2.06. The van der Waals surface area contributed by atoms with Crippen molar-refractivity contribution in [3.05, 3.63) is 29.8 Å². The van der Waals surface area contributed by atoms with E-state index in [9.17, 15) is 22.8 Å². The van der Waals surface area contributed by atoms with E-state index in [0.717, 1.165) is 12.5 Å². The normalized spacial score (nSPS) is 11.4. The number of urea groups is 1. The average Bonchev–Trinajstić information content (AvgIpc) is 2.58. The molecule has 9 nitrogen and oxygen atoms in total. The summed E-state index contributed by atoms with van der Waals surface area (Å²) in [6, 6.07) is 4.28. The minimum Gasteiger partial charge on any atom is -0.452 e. The van der Waals surface area contributed by atoms with Gasteiger partial charge in [0.1, 0.15) is 0 Å². The number of carbonyl (C=O) groups is 3. The number of imide groups is 1. The summed E-state index contributed by atoms with van der Waals surface area (Å²) in [5.41, 5.74) is -0.0270. The van der Waals surface area contributed by atoms with E-state index in [2.05, 4.69) is 10.0 Å². The molecule has 1 aromatic rings. The summed E-state index contributed by atoms with van der Waals surface area (Å²) in [5.74, 6) is -1.26. The Labute approximate surface area is 165 Å². The van der Waals surface area contributed by atoms with Crippen LogP contribution < -0.4 is 15.4 Å². The number of benzene rings is 1. The van der Waals surface area contributed by atoms with Crippen molar-refractivity contribution < 1.29 is 27.5 Å². The third kappa shape index (κ3) is 8.49. The first-order valence-corrected chi connectivity index (χ1v) is 10.4. The molecule has 0 atom stereocenters. The number of amides is 3. The average molecular weight is 413 g/mol. The maximum atomic E-state index is 12.2. The Morgan fingerprint density at radius 1 is 1.11 bits per heavy atom. The summed E-state index contributed by atoms with van der Waals surface area (Å²) in [6.07, 6.45) is 0.765. The zero-order chi connectivity index (χ0) is 21.3. The lowest BCUT2D eigenvalue weighted by Gasteiger charge is -2.11. The third-order valence-corrected chi connectivity index (χ3v) is 5.02. The molecular weight excluding hydrogens is 386 g/mol. The lowest BCUT2D eigenvalue weighted by atomic mass is 10.1. The van der Waals surface area contributed by atoms with Crippen molar-refractivity contribution in [1.82, 2.24) is 15.4 Å². The van der Waals surface area contributed by atoms with Gasteiger partial charge in [0.2, 0.25) is 10.0 Å². The van der Waals surface area contributed by atoms with E-state index < -0.39 is 34.5 Å². The fraction of sp³-hybridized carbons (Fsp3) is 0.500. The van der Waals surface area contributed by atoms with E-state index in [1.807, 2.05) is 19.2 Å². The zero-order valence-electron chi connectivity index (χ0n) is 16.4. The molecule has 0 spiro atoms. The van der Waals surface area contributed by atoms with Gasteiger partial charge in [0.05, 0.1) is 10.5 Å².